The molecule has 3 N–H and O–H groups in total. The average molecular weight is 295 g/mol. The molecule has 0 spiro atoms. The highest BCUT2D eigenvalue weighted by atomic mass is 32.2. The van der Waals surface area contributed by atoms with Crippen LogP contribution in [0.25, 0.3) is 0 Å². The number of carbonyl (C=O) groups is 1. The summed E-state index contributed by atoms with van der Waals surface area (Å²) >= 11 is 0. The molecule has 0 saturated carbocycles. The number of ether oxygens (including phenoxy) is 1. The first-order chi connectivity index (χ1) is 8.82. The molecule has 19 heavy (non-hydrogen) atoms. The van der Waals surface area contributed by atoms with E-state index in [1.54, 1.807) is 14.0 Å². The molecule has 0 aromatic heterocycles. The van der Waals surface area contributed by atoms with Gasteiger partial charge in [0.05, 0.1) is 12.3 Å². The van der Waals surface area contributed by atoms with E-state index in [1.165, 1.54) is 10.6 Å². The van der Waals surface area contributed by atoms with Gasteiger partial charge in [0.15, 0.2) is 0 Å². The van der Waals surface area contributed by atoms with Gasteiger partial charge >= 0.3 is 0 Å². The third-order valence-electron chi connectivity index (χ3n) is 2.67. The number of nitrogens with two attached hydrogens (primary N) is 1. The minimum absolute atomic E-state index is 0.237. The molecule has 7 nitrogen and oxygen atoms in total. The van der Waals surface area contributed by atoms with Crippen molar-refractivity contribution in [3.63, 3.8) is 0 Å². The standard InChI is InChI=1S/C11H25N3O4S/c1-4-14(19(3,16)17)8-5-7-13-11(15)10(12)6-9-18-2/h10H,4-9,12H2,1-3H3,(H,13,15). The van der Waals surface area contributed by atoms with Crippen molar-refractivity contribution in [1.29, 1.82) is 0 Å². The Labute approximate surface area is 115 Å². The molecule has 0 aliphatic heterocycles. The van der Waals surface area contributed by atoms with Crippen molar-refractivity contribution in [2.45, 2.75) is 25.8 Å². The molecular formula is C11H25N3O4S. The Morgan fingerprint density at radius 1 is 1.47 bits per heavy atom. The van der Waals surface area contributed by atoms with Gasteiger partial charge in [0.1, 0.15) is 0 Å². The van der Waals surface area contributed by atoms with Gasteiger partial charge in [-0.2, -0.15) is 0 Å². The second-order valence-corrected chi connectivity index (χ2v) is 6.27. The smallest absolute Gasteiger partial charge is 0.237 e. The largest absolute Gasteiger partial charge is 0.385 e. The molecule has 0 fully saturated rings. The predicted molar refractivity (Wildman–Crippen MR) is 74.2 cm³/mol. The minimum atomic E-state index is -3.16. The molecule has 1 amide bonds. The summed E-state index contributed by atoms with van der Waals surface area (Å²) < 4.78 is 28.8. The number of amides is 1. The summed E-state index contributed by atoms with van der Waals surface area (Å²) in [5, 5.41) is 2.68. The minimum Gasteiger partial charge on any atom is -0.385 e. The number of nitrogens with zero attached hydrogens (tertiary/aromatic N) is 1. The van der Waals surface area contributed by atoms with Crippen LogP contribution in [0.15, 0.2) is 0 Å². The quantitative estimate of drug-likeness (QED) is 0.511. The molecule has 0 aliphatic rings. The summed E-state index contributed by atoms with van der Waals surface area (Å²) in [6.45, 7) is 3.45. The van der Waals surface area contributed by atoms with E-state index < -0.39 is 16.1 Å². The highest BCUT2D eigenvalue weighted by molar-refractivity contribution is 7.88. The monoisotopic (exact) mass is 295 g/mol. The molecule has 0 bridgehead atoms. The van der Waals surface area contributed by atoms with Gasteiger partial charge in [0, 0.05) is 33.4 Å². The molecule has 0 heterocycles. The second kappa shape index (κ2) is 9.24. The van der Waals surface area contributed by atoms with E-state index in [2.05, 4.69) is 5.32 Å². The van der Waals surface area contributed by atoms with E-state index in [4.69, 9.17) is 10.5 Å². The maximum atomic E-state index is 11.5. The molecule has 114 valence electrons. The zero-order chi connectivity index (χ0) is 14.9. The molecule has 8 heteroatoms. The fourth-order valence-corrected chi connectivity index (χ4v) is 2.46. The molecule has 1 atom stereocenters. The summed E-state index contributed by atoms with van der Waals surface area (Å²) in [6, 6.07) is -0.586. The summed E-state index contributed by atoms with van der Waals surface area (Å²) in [4.78, 5) is 11.5. The van der Waals surface area contributed by atoms with E-state index >= 15 is 0 Å². The SMILES string of the molecule is CCN(CCCNC(=O)C(N)CCOC)S(C)(=O)=O. The van der Waals surface area contributed by atoms with Gasteiger partial charge < -0.3 is 15.8 Å². The van der Waals surface area contributed by atoms with Crippen molar-refractivity contribution in [3.05, 3.63) is 0 Å². The number of hydrogen-bond acceptors (Lipinski definition) is 5. The zero-order valence-electron chi connectivity index (χ0n) is 11.9. The Balaban J connectivity index is 3.88. The number of hydrogen-bond donors (Lipinski definition) is 2. The van der Waals surface area contributed by atoms with E-state index in [0.29, 0.717) is 39.1 Å². The van der Waals surface area contributed by atoms with Crippen LogP contribution in [-0.4, -0.2) is 64.3 Å². The van der Waals surface area contributed by atoms with Gasteiger partial charge in [-0.15, -0.1) is 0 Å². The lowest BCUT2D eigenvalue weighted by atomic mass is 10.2. The van der Waals surface area contributed by atoms with Gasteiger partial charge in [-0.3, -0.25) is 4.79 Å². The topological polar surface area (TPSA) is 102 Å². The van der Waals surface area contributed by atoms with Gasteiger partial charge in [0.25, 0.3) is 0 Å². The Morgan fingerprint density at radius 3 is 2.58 bits per heavy atom. The van der Waals surface area contributed by atoms with Crippen LogP contribution < -0.4 is 11.1 Å². The number of carbonyl (C=O) groups excluding carboxylic acids is 1. The normalized spacial score (nSPS) is 13.5. The Bertz CT molecular complexity index is 359. The second-order valence-electron chi connectivity index (χ2n) is 4.29. The number of sulfonamides is 1. The third-order valence-corrected chi connectivity index (χ3v) is 4.05. The van der Waals surface area contributed by atoms with Crippen molar-refractivity contribution in [3.8, 4) is 0 Å². The average Bonchev–Trinajstić information content (AvgIpc) is 2.33. The number of nitrogens with one attached hydrogen (secondary N) is 1. The predicted octanol–water partition coefficient (Wildman–Crippen LogP) is -0.862. The van der Waals surface area contributed by atoms with Gasteiger partial charge in [0.2, 0.25) is 15.9 Å². The first kappa shape index (κ1) is 18.3. The number of rotatable bonds is 10. The van der Waals surface area contributed by atoms with Crippen LogP contribution in [0.3, 0.4) is 0 Å². The lowest BCUT2D eigenvalue weighted by Gasteiger charge is -2.18. The maximum absolute atomic E-state index is 11.5. The molecular weight excluding hydrogens is 270 g/mol. The van der Waals surface area contributed by atoms with Crippen molar-refractivity contribution < 1.29 is 17.9 Å². The molecule has 1 unspecified atom stereocenters. The molecule has 0 aliphatic carbocycles. The zero-order valence-corrected chi connectivity index (χ0v) is 12.7. The van der Waals surface area contributed by atoms with Gasteiger partial charge in [-0.1, -0.05) is 6.92 Å². The van der Waals surface area contributed by atoms with E-state index in [0.717, 1.165) is 0 Å². The first-order valence-electron chi connectivity index (χ1n) is 6.30. The highest BCUT2D eigenvalue weighted by Gasteiger charge is 2.15. The highest BCUT2D eigenvalue weighted by Crippen LogP contribution is 1.98. The van der Waals surface area contributed by atoms with E-state index in [9.17, 15) is 13.2 Å². The molecule has 0 saturated heterocycles. The Morgan fingerprint density at radius 2 is 2.11 bits per heavy atom. The number of methoxy groups -OCH3 is 1. The Hall–Kier alpha value is -0.700. The van der Waals surface area contributed by atoms with Crippen LogP contribution in [0, 0.1) is 0 Å². The summed E-state index contributed by atoms with van der Waals surface area (Å²) in [5.74, 6) is -0.237. The van der Waals surface area contributed by atoms with Crippen LogP contribution >= 0.6 is 0 Å². The van der Waals surface area contributed by atoms with Gasteiger partial charge in [-0.05, 0) is 12.8 Å². The first-order valence-corrected chi connectivity index (χ1v) is 8.15. The molecule has 0 rings (SSSR count). The Kier molecular flexibility index (Phi) is 8.90. The molecule has 0 radical (unpaired) electrons. The van der Waals surface area contributed by atoms with E-state index in [1.807, 2.05) is 0 Å². The molecule has 0 aromatic rings. The fourth-order valence-electron chi connectivity index (χ4n) is 1.53. The summed E-state index contributed by atoms with van der Waals surface area (Å²) in [5.41, 5.74) is 5.64. The van der Waals surface area contributed by atoms with Crippen LogP contribution in [0.4, 0.5) is 0 Å². The van der Waals surface area contributed by atoms with Crippen molar-refractivity contribution in [2.24, 2.45) is 5.73 Å². The van der Waals surface area contributed by atoms with Crippen molar-refractivity contribution in [1.82, 2.24) is 9.62 Å². The van der Waals surface area contributed by atoms with Gasteiger partial charge in [-0.25, -0.2) is 12.7 Å². The van der Waals surface area contributed by atoms with Crippen LogP contribution in [-0.2, 0) is 19.6 Å². The van der Waals surface area contributed by atoms with Crippen LogP contribution in [0.2, 0.25) is 0 Å². The third kappa shape index (κ3) is 8.14. The summed E-state index contributed by atoms with van der Waals surface area (Å²) in [6.07, 6.45) is 2.20. The lowest BCUT2D eigenvalue weighted by molar-refractivity contribution is -0.122. The van der Waals surface area contributed by atoms with Crippen LogP contribution in [0.5, 0.6) is 0 Å². The summed E-state index contributed by atoms with van der Waals surface area (Å²) in [7, 11) is -1.61. The molecule has 0 aromatic carbocycles. The fraction of sp³-hybridized carbons (Fsp3) is 0.909. The van der Waals surface area contributed by atoms with E-state index in [-0.39, 0.29) is 5.91 Å². The lowest BCUT2D eigenvalue weighted by Crippen LogP contribution is -2.42. The van der Waals surface area contributed by atoms with Crippen LogP contribution in [0.1, 0.15) is 19.8 Å². The maximum Gasteiger partial charge on any atom is 0.237 e. The van der Waals surface area contributed by atoms with Crippen molar-refractivity contribution in [2.75, 3.05) is 39.6 Å². The van der Waals surface area contributed by atoms with Crippen molar-refractivity contribution >= 4 is 15.9 Å².